The van der Waals surface area contributed by atoms with Gasteiger partial charge >= 0.3 is 6.03 Å². The number of aromatic nitrogens is 2. The molecule has 376 valence electrons. The van der Waals surface area contributed by atoms with Crippen LogP contribution in [0.1, 0.15) is 141 Å². The van der Waals surface area contributed by atoms with Gasteiger partial charge in [0.25, 0.3) is 5.91 Å². The molecule has 0 bridgehead atoms. The number of carbonyl (C=O) groups is 9. The van der Waals surface area contributed by atoms with Crippen molar-refractivity contribution in [2.24, 2.45) is 35.0 Å². The van der Waals surface area contributed by atoms with Gasteiger partial charge in [0.1, 0.15) is 17.5 Å². The first-order chi connectivity index (χ1) is 32.9. The topological polar surface area (TPSA) is 234 Å². The molecular weight excluding hydrogens is 881 g/mol. The average molecular weight is 955 g/mol. The molecule has 6 atom stereocenters. The average Bonchev–Trinajstić information content (AvgIpc) is 3.77. The summed E-state index contributed by atoms with van der Waals surface area (Å²) in [6.45, 7) is 7.22. The maximum absolute atomic E-state index is 14.6. The van der Waals surface area contributed by atoms with Gasteiger partial charge in [-0.3, -0.25) is 43.3 Å². The number of nitrogens with one attached hydrogen (secondary N) is 4. The summed E-state index contributed by atoms with van der Waals surface area (Å²) in [4.78, 5) is 135. The lowest BCUT2D eigenvalue weighted by atomic mass is 9.74. The zero-order chi connectivity index (χ0) is 50.3. The molecule has 2 heterocycles. The highest BCUT2D eigenvalue weighted by Gasteiger charge is 2.45. The van der Waals surface area contributed by atoms with E-state index in [0.29, 0.717) is 12.1 Å². The minimum absolute atomic E-state index is 0.0182. The summed E-state index contributed by atoms with van der Waals surface area (Å²) >= 11 is 0. The first-order valence-electron chi connectivity index (χ1n) is 25.0. The first kappa shape index (κ1) is 54.1. The molecule has 4 N–H and O–H groups in total. The van der Waals surface area contributed by atoms with E-state index in [4.69, 9.17) is 0 Å². The van der Waals surface area contributed by atoms with Crippen LogP contribution in [0.2, 0.25) is 0 Å². The summed E-state index contributed by atoms with van der Waals surface area (Å²) in [5, 5.41) is 11.6. The zero-order valence-electron chi connectivity index (χ0n) is 41.4. The van der Waals surface area contributed by atoms with Gasteiger partial charge < -0.3 is 31.1 Å². The van der Waals surface area contributed by atoms with Crippen molar-refractivity contribution in [3.8, 4) is 0 Å². The Balaban J connectivity index is 1.31. The Morgan fingerprint density at radius 1 is 0.783 bits per heavy atom. The van der Waals surface area contributed by atoms with Gasteiger partial charge in [-0.25, -0.2) is 9.78 Å². The van der Waals surface area contributed by atoms with Gasteiger partial charge in [0.2, 0.25) is 23.5 Å². The van der Waals surface area contributed by atoms with Crippen LogP contribution in [0.25, 0.3) is 0 Å². The number of urea groups is 1. The van der Waals surface area contributed by atoms with Crippen molar-refractivity contribution in [1.82, 2.24) is 35.7 Å². The number of likely N-dealkylation sites (N-methyl/N-ethyl adjacent to an activating group) is 1. The van der Waals surface area contributed by atoms with E-state index in [1.165, 1.54) is 28.4 Å². The van der Waals surface area contributed by atoms with Gasteiger partial charge in [0, 0.05) is 82.8 Å². The maximum Gasteiger partial charge on any atom is 0.321 e. The van der Waals surface area contributed by atoms with E-state index in [2.05, 4.69) is 31.2 Å². The van der Waals surface area contributed by atoms with Crippen molar-refractivity contribution >= 4 is 58.5 Å². The molecule has 69 heavy (non-hydrogen) atoms. The molecule has 1 aromatic carbocycles. The molecule has 0 radical (unpaired) electrons. The number of rotatable bonds is 22. The molecular formula is C52H74N8O9. The number of likely N-dealkylation sites (tertiary alicyclic amines) is 1. The number of hydrogen-bond donors (Lipinski definition) is 4. The minimum atomic E-state index is -0.999. The largest absolute Gasteiger partial charge is 0.351 e. The van der Waals surface area contributed by atoms with Gasteiger partial charge in [0.15, 0.2) is 11.6 Å². The molecule has 1 saturated heterocycles. The number of ketones is 4. The lowest BCUT2D eigenvalue weighted by molar-refractivity contribution is -0.141. The second kappa shape index (κ2) is 25.7. The molecule has 1 aliphatic heterocycles. The summed E-state index contributed by atoms with van der Waals surface area (Å²) in [6.07, 6.45) is 12.6. The Morgan fingerprint density at radius 3 is 2.00 bits per heavy atom. The van der Waals surface area contributed by atoms with Gasteiger partial charge in [0.05, 0.1) is 24.2 Å². The monoisotopic (exact) mass is 955 g/mol. The fourth-order valence-electron chi connectivity index (χ4n) is 10.1. The molecule has 3 fully saturated rings. The fourth-order valence-corrected chi connectivity index (χ4v) is 10.1. The lowest BCUT2D eigenvalue weighted by Crippen LogP contribution is -2.51. The summed E-state index contributed by atoms with van der Waals surface area (Å²) < 4.78 is 0. The third-order valence-corrected chi connectivity index (χ3v) is 14.1. The highest BCUT2D eigenvalue weighted by atomic mass is 16.2. The van der Waals surface area contributed by atoms with Crippen LogP contribution in [0, 0.1) is 35.0 Å². The smallest absolute Gasteiger partial charge is 0.321 e. The van der Waals surface area contributed by atoms with E-state index in [1.807, 2.05) is 27.7 Å². The van der Waals surface area contributed by atoms with E-state index in [9.17, 15) is 43.2 Å². The van der Waals surface area contributed by atoms with Crippen molar-refractivity contribution in [2.45, 2.75) is 149 Å². The second-order valence-corrected chi connectivity index (χ2v) is 20.6. The van der Waals surface area contributed by atoms with Crippen molar-refractivity contribution < 1.29 is 43.2 Å². The normalized spacial score (nSPS) is 19.5. The number of anilines is 1. The van der Waals surface area contributed by atoms with E-state index < -0.39 is 82.4 Å². The predicted molar refractivity (Wildman–Crippen MR) is 259 cm³/mol. The Hall–Kier alpha value is -5.87. The van der Waals surface area contributed by atoms with Crippen molar-refractivity contribution in [3.05, 3.63) is 54.6 Å². The van der Waals surface area contributed by atoms with Crippen LogP contribution in [0.5, 0.6) is 0 Å². The van der Waals surface area contributed by atoms with Crippen LogP contribution in [-0.4, -0.2) is 118 Å². The third kappa shape index (κ3) is 15.6. The zero-order valence-corrected chi connectivity index (χ0v) is 41.4. The summed E-state index contributed by atoms with van der Waals surface area (Å²) in [5.74, 6) is -7.06. The van der Waals surface area contributed by atoms with Gasteiger partial charge in [-0.1, -0.05) is 90.8 Å². The molecule has 3 aliphatic rings. The van der Waals surface area contributed by atoms with Gasteiger partial charge in [-0.2, -0.15) is 0 Å². The predicted octanol–water partition coefficient (Wildman–Crippen LogP) is 5.87. The van der Waals surface area contributed by atoms with E-state index in [1.54, 1.807) is 44.4 Å². The van der Waals surface area contributed by atoms with Crippen LogP contribution in [0.15, 0.2) is 48.9 Å². The molecule has 2 aromatic rings. The quantitative estimate of drug-likeness (QED) is 0.102. The molecule has 0 spiro atoms. The molecule has 1 unspecified atom stereocenters. The number of Topliss-reactive ketones (excluding diaryl/α,β-unsaturated/α-hetero) is 4. The molecule has 2 aliphatic carbocycles. The lowest BCUT2D eigenvalue weighted by Gasteiger charge is -2.34. The number of hydrogen-bond acceptors (Lipinski definition) is 11. The summed E-state index contributed by atoms with van der Waals surface area (Å²) in [5.41, 5.74) is -0.165. The second-order valence-electron chi connectivity index (χ2n) is 20.6. The number of benzene rings is 1. The SMILES string of the molecule is CCC[C@H](CC(=O)[C@@H]1CN(C(=O)Nc2ccccc2)CC1NC(=O)[C@@H](CC(=O)[C@@H](NC(=O)c1cnccn1)C1CCCCC1)C(C)(C)C)C(=O)C(=O)CCC(=O)N[C@H](C(=O)N(C)C)C1CCCCC1. The van der Waals surface area contributed by atoms with Crippen molar-refractivity contribution in [2.75, 3.05) is 32.5 Å². The Morgan fingerprint density at radius 2 is 1.42 bits per heavy atom. The van der Waals surface area contributed by atoms with Crippen LogP contribution in [-0.2, 0) is 33.6 Å². The van der Waals surface area contributed by atoms with Crippen molar-refractivity contribution in [1.29, 1.82) is 0 Å². The van der Waals surface area contributed by atoms with E-state index >= 15 is 0 Å². The summed E-state index contributed by atoms with van der Waals surface area (Å²) in [7, 11) is 3.26. The third-order valence-electron chi connectivity index (χ3n) is 14.1. The number of nitrogens with zero attached hydrogens (tertiary/aromatic N) is 4. The summed E-state index contributed by atoms with van der Waals surface area (Å²) in [6, 6.07) is 5.78. The van der Waals surface area contributed by atoms with Crippen molar-refractivity contribution in [3.63, 3.8) is 0 Å². The van der Waals surface area contributed by atoms with Gasteiger partial charge in [-0.05, 0) is 61.5 Å². The standard InChI is InChI=1S/C52H74N8O9/c1-7-17-35(47(65)41(61)24-25-44(64)57-46(50(68)59(5)6)34-20-13-9-14-21-34)28-42(62)37-31-60(51(69)55-36-22-15-10-16-23-36)32-40(37)56-48(66)38(52(2,3)4)29-43(63)45(33-18-11-8-12-19-33)58-49(67)39-30-53-26-27-54-39/h10,15-16,22-23,26-27,30,33-35,37-38,40,45-46H,7-9,11-14,17-21,24-25,28-29,31-32H2,1-6H3,(H,55,69)(H,56,66)(H,57,64)(H,58,67)/t35-,37-,38-,40?,45+,46+/m1/s1. The van der Waals surface area contributed by atoms with Crippen LogP contribution in [0.4, 0.5) is 10.5 Å². The molecule has 5 rings (SSSR count). The molecule has 2 saturated carbocycles. The minimum Gasteiger partial charge on any atom is -0.351 e. The number of amides is 6. The Labute approximate surface area is 406 Å². The molecule has 6 amide bonds. The van der Waals surface area contributed by atoms with E-state index in [-0.39, 0.29) is 74.4 Å². The van der Waals surface area contributed by atoms with E-state index in [0.717, 1.165) is 64.2 Å². The van der Waals surface area contributed by atoms with Crippen LogP contribution < -0.4 is 21.3 Å². The molecule has 17 nitrogen and oxygen atoms in total. The van der Waals surface area contributed by atoms with Crippen LogP contribution in [0.3, 0.4) is 0 Å². The number of carbonyl (C=O) groups excluding carboxylic acids is 9. The molecule has 17 heteroatoms. The highest BCUT2D eigenvalue weighted by Crippen LogP contribution is 2.34. The van der Waals surface area contributed by atoms with Crippen LogP contribution >= 0.6 is 0 Å². The van der Waals surface area contributed by atoms with Gasteiger partial charge in [-0.15, -0.1) is 0 Å². The maximum atomic E-state index is 14.6. The first-order valence-corrected chi connectivity index (χ1v) is 25.0. The molecule has 1 aromatic heterocycles. The fraction of sp³-hybridized carbons (Fsp3) is 0.635. The Bertz CT molecular complexity index is 2120. The number of para-hydroxylation sites is 1. The Kier molecular flexibility index (Phi) is 20.1. The highest BCUT2D eigenvalue weighted by molar-refractivity contribution is 6.38.